The molecule has 0 radical (unpaired) electrons. The van der Waals surface area contributed by atoms with Gasteiger partial charge in [0.1, 0.15) is 10.9 Å². The lowest BCUT2D eigenvalue weighted by Gasteiger charge is -2.32. The first-order valence-corrected chi connectivity index (χ1v) is 15.5. The lowest BCUT2D eigenvalue weighted by Crippen LogP contribution is -2.50. The predicted octanol–water partition coefficient (Wildman–Crippen LogP) is 4.48. The normalized spacial score (nSPS) is 14.4. The van der Waals surface area contributed by atoms with Crippen molar-refractivity contribution >= 4 is 27.7 Å². The Kier molecular flexibility index (Phi) is 9.94. The topological polar surface area (TPSA) is 104 Å². The molecule has 3 aromatic carbocycles. The van der Waals surface area contributed by atoms with Gasteiger partial charge in [-0.3, -0.25) is 14.4 Å². The molecule has 216 valence electrons. The van der Waals surface area contributed by atoms with Crippen molar-refractivity contribution in [1.29, 1.82) is 0 Å². The molecule has 3 aromatic rings. The van der Waals surface area contributed by atoms with Gasteiger partial charge >= 0.3 is 0 Å². The van der Waals surface area contributed by atoms with E-state index in [1.807, 2.05) is 68.4 Å². The standard InChI is InChI=1S/C32H37N3O5S/c1-3-4-20-33-31(37)28(22-25-14-6-5-7-15-25)34(23-26-16-9-8-13-24(26)2)30(36)19-12-21-35-32(38)27-17-10-11-18-29(27)41(35,39)40/h5-11,13-18,28H,3-4,12,19-23H2,1-2H3,(H,33,37). The lowest BCUT2D eigenvalue weighted by atomic mass is 10.0. The zero-order valence-corrected chi connectivity index (χ0v) is 24.4. The van der Waals surface area contributed by atoms with Gasteiger partial charge in [0.15, 0.2) is 0 Å². The SMILES string of the molecule is CCCCNC(=O)C(Cc1ccccc1)N(Cc1ccccc1C)C(=O)CCCN1C(=O)c2ccccc2S1(=O)=O. The average Bonchev–Trinajstić information content (AvgIpc) is 3.16. The van der Waals surface area contributed by atoms with Crippen molar-refractivity contribution in [3.63, 3.8) is 0 Å². The van der Waals surface area contributed by atoms with Crippen molar-refractivity contribution < 1.29 is 22.8 Å². The smallest absolute Gasteiger partial charge is 0.269 e. The summed E-state index contributed by atoms with van der Waals surface area (Å²) in [5.41, 5.74) is 3.00. The Balaban J connectivity index is 1.56. The van der Waals surface area contributed by atoms with Crippen LogP contribution in [0.25, 0.3) is 0 Å². The van der Waals surface area contributed by atoms with Crippen LogP contribution >= 0.6 is 0 Å². The number of sulfonamides is 1. The minimum atomic E-state index is -3.96. The second-order valence-electron chi connectivity index (χ2n) is 10.3. The Bertz CT molecular complexity index is 1490. The van der Waals surface area contributed by atoms with E-state index >= 15 is 0 Å². The van der Waals surface area contributed by atoms with E-state index in [0.29, 0.717) is 13.0 Å². The van der Waals surface area contributed by atoms with E-state index in [4.69, 9.17) is 0 Å². The van der Waals surface area contributed by atoms with Crippen LogP contribution in [-0.2, 0) is 32.6 Å². The predicted molar refractivity (Wildman–Crippen MR) is 157 cm³/mol. The van der Waals surface area contributed by atoms with Gasteiger partial charge in [0.25, 0.3) is 15.9 Å². The molecule has 0 saturated carbocycles. The van der Waals surface area contributed by atoms with Gasteiger partial charge in [-0.1, -0.05) is 80.1 Å². The molecule has 0 aromatic heterocycles. The minimum absolute atomic E-state index is 0.0100. The number of amides is 3. The van der Waals surface area contributed by atoms with E-state index in [1.54, 1.807) is 17.0 Å². The first-order valence-electron chi connectivity index (χ1n) is 14.1. The van der Waals surface area contributed by atoms with Crippen LogP contribution in [-0.4, -0.2) is 54.5 Å². The van der Waals surface area contributed by atoms with Crippen LogP contribution in [0.1, 0.15) is 59.7 Å². The maximum Gasteiger partial charge on any atom is 0.269 e. The fourth-order valence-electron chi connectivity index (χ4n) is 5.00. The highest BCUT2D eigenvalue weighted by Crippen LogP contribution is 2.30. The quantitative estimate of drug-likeness (QED) is 0.303. The van der Waals surface area contributed by atoms with Gasteiger partial charge in [-0.2, -0.15) is 0 Å². The molecule has 0 saturated heterocycles. The van der Waals surface area contributed by atoms with E-state index < -0.39 is 22.0 Å². The third kappa shape index (κ3) is 7.03. The van der Waals surface area contributed by atoms with Gasteiger partial charge in [0.2, 0.25) is 11.8 Å². The molecule has 1 aliphatic heterocycles. The van der Waals surface area contributed by atoms with Crippen LogP contribution < -0.4 is 5.32 Å². The van der Waals surface area contributed by atoms with Gasteiger partial charge in [-0.15, -0.1) is 0 Å². The van der Waals surface area contributed by atoms with E-state index in [0.717, 1.165) is 33.8 Å². The molecule has 0 aliphatic carbocycles. The summed E-state index contributed by atoms with van der Waals surface area (Å²) in [6.45, 7) is 4.64. The fraction of sp³-hybridized carbons (Fsp3) is 0.344. The third-order valence-electron chi connectivity index (χ3n) is 7.37. The first kappa shape index (κ1) is 30.0. The average molecular weight is 576 g/mol. The summed E-state index contributed by atoms with van der Waals surface area (Å²) < 4.78 is 26.8. The zero-order chi connectivity index (χ0) is 29.4. The summed E-state index contributed by atoms with van der Waals surface area (Å²) >= 11 is 0. The molecular formula is C32H37N3O5S. The molecule has 1 heterocycles. The summed E-state index contributed by atoms with van der Waals surface area (Å²) in [5.74, 6) is -1.08. The van der Waals surface area contributed by atoms with Gasteiger partial charge in [0, 0.05) is 32.5 Å². The monoisotopic (exact) mass is 575 g/mol. The van der Waals surface area contributed by atoms with Crippen molar-refractivity contribution in [2.45, 2.75) is 63.4 Å². The second kappa shape index (κ2) is 13.6. The van der Waals surface area contributed by atoms with Crippen LogP contribution in [0.2, 0.25) is 0 Å². The number of benzene rings is 3. The maximum atomic E-state index is 13.9. The molecule has 1 N–H and O–H groups in total. The van der Waals surface area contributed by atoms with E-state index in [-0.39, 0.29) is 48.2 Å². The van der Waals surface area contributed by atoms with Crippen LogP contribution in [0, 0.1) is 6.92 Å². The molecule has 4 rings (SSSR count). The number of carbonyl (C=O) groups is 3. The lowest BCUT2D eigenvalue weighted by molar-refractivity contribution is -0.141. The molecule has 1 unspecified atom stereocenters. The van der Waals surface area contributed by atoms with Crippen LogP contribution in [0.3, 0.4) is 0 Å². The highest BCUT2D eigenvalue weighted by Gasteiger charge is 2.40. The van der Waals surface area contributed by atoms with Gasteiger partial charge in [-0.25, -0.2) is 12.7 Å². The fourth-order valence-corrected chi connectivity index (χ4v) is 6.61. The number of carbonyl (C=O) groups excluding carboxylic acids is 3. The summed E-state index contributed by atoms with van der Waals surface area (Å²) in [5, 5.41) is 3.00. The Morgan fingerprint density at radius 2 is 1.61 bits per heavy atom. The molecule has 0 bridgehead atoms. The molecule has 3 amide bonds. The Labute approximate surface area is 242 Å². The zero-order valence-electron chi connectivity index (χ0n) is 23.6. The highest BCUT2D eigenvalue weighted by molar-refractivity contribution is 7.90. The molecule has 41 heavy (non-hydrogen) atoms. The Hall–Kier alpha value is -3.98. The third-order valence-corrected chi connectivity index (χ3v) is 9.21. The van der Waals surface area contributed by atoms with Crippen LogP contribution in [0.4, 0.5) is 0 Å². The Morgan fingerprint density at radius 1 is 0.927 bits per heavy atom. The van der Waals surface area contributed by atoms with Gasteiger partial charge < -0.3 is 10.2 Å². The van der Waals surface area contributed by atoms with Crippen molar-refractivity contribution in [3.05, 3.63) is 101 Å². The molecule has 0 spiro atoms. The second-order valence-corrected chi connectivity index (χ2v) is 12.1. The molecular weight excluding hydrogens is 538 g/mol. The molecule has 1 atom stereocenters. The van der Waals surface area contributed by atoms with Crippen molar-refractivity contribution in [1.82, 2.24) is 14.5 Å². The van der Waals surface area contributed by atoms with Crippen molar-refractivity contribution in [2.24, 2.45) is 0 Å². The van der Waals surface area contributed by atoms with E-state index in [1.165, 1.54) is 12.1 Å². The van der Waals surface area contributed by atoms with Crippen molar-refractivity contribution in [3.8, 4) is 0 Å². The maximum absolute atomic E-state index is 13.9. The van der Waals surface area contributed by atoms with Crippen molar-refractivity contribution in [2.75, 3.05) is 13.1 Å². The first-order chi connectivity index (χ1) is 19.7. The molecule has 9 heteroatoms. The Morgan fingerprint density at radius 3 is 2.32 bits per heavy atom. The number of rotatable bonds is 13. The number of hydrogen-bond donors (Lipinski definition) is 1. The van der Waals surface area contributed by atoms with Crippen LogP contribution in [0.5, 0.6) is 0 Å². The number of fused-ring (bicyclic) bond motifs is 1. The summed E-state index contributed by atoms with van der Waals surface area (Å²) in [6.07, 6.45) is 2.21. The van der Waals surface area contributed by atoms with Crippen LogP contribution in [0.15, 0.2) is 83.8 Å². The number of nitrogens with zero attached hydrogens (tertiary/aromatic N) is 2. The highest BCUT2D eigenvalue weighted by atomic mass is 32.2. The molecule has 1 aliphatic rings. The summed E-state index contributed by atoms with van der Waals surface area (Å²) in [4.78, 5) is 41.8. The van der Waals surface area contributed by atoms with Gasteiger partial charge in [-0.05, 0) is 48.6 Å². The number of hydrogen-bond acceptors (Lipinski definition) is 5. The number of aryl methyl sites for hydroxylation is 1. The summed E-state index contributed by atoms with van der Waals surface area (Å²) in [7, 11) is -3.96. The summed E-state index contributed by atoms with van der Waals surface area (Å²) in [6, 6.07) is 22.7. The number of nitrogens with one attached hydrogen (secondary N) is 1. The minimum Gasteiger partial charge on any atom is -0.354 e. The van der Waals surface area contributed by atoms with Gasteiger partial charge in [0.05, 0.1) is 5.56 Å². The van der Waals surface area contributed by atoms with E-state index in [9.17, 15) is 22.8 Å². The number of unbranched alkanes of at least 4 members (excludes halogenated alkanes) is 1. The largest absolute Gasteiger partial charge is 0.354 e. The molecule has 8 nitrogen and oxygen atoms in total. The molecule has 0 fully saturated rings. The van der Waals surface area contributed by atoms with E-state index in [2.05, 4.69) is 5.32 Å².